The largest absolute Gasteiger partial charge is 0.502 e. The summed E-state index contributed by atoms with van der Waals surface area (Å²) < 4.78 is 11.8. The number of carbonyl (C=O) groups excluding carboxylic acids is 2. The smallest absolute Gasteiger partial charge is 0.277 e. The highest BCUT2D eigenvalue weighted by molar-refractivity contribution is 5.99. The van der Waals surface area contributed by atoms with Crippen LogP contribution in [-0.4, -0.2) is 79.7 Å². The number of nitrogens with one attached hydrogen (secondary N) is 1. The zero-order chi connectivity index (χ0) is 19.6. The van der Waals surface area contributed by atoms with Crippen LogP contribution in [0.1, 0.15) is 33.7 Å². The minimum atomic E-state index is -0.874. The van der Waals surface area contributed by atoms with Crippen molar-refractivity contribution in [3.8, 4) is 5.75 Å². The molecule has 0 aliphatic carbocycles. The van der Waals surface area contributed by atoms with E-state index < -0.39 is 23.0 Å². The Labute approximate surface area is 156 Å². The van der Waals surface area contributed by atoms with Gasteiger partial charge in [0, 0.05) is 40.1 Å². The lowest BCUT2D eigenvalue weighted by Crippen LogP contribution is -2.53. The van der Waals surface area contributed by atoms with Gasteiger partial charge >= 0.3 is 0 Å². The fourth-order valence-electron chi connectivity index (χ4n) is 3.23. The van der Waals surface area contributed by atoms with Gasteiger partial charge in [-0.2, -0.15) is 0 Å². The molecule has 1 aromatic heterocycles. The first-order chi connectivity index (χ1) is 12.9. The van der Waals surface area contributed by atoms with Crippen LogP contribution in [0.5, 0.6) is 5.75 Å². The Morgan fingerprint density at radius 2 is 2.22 bits per heavy atom. The molecule has 0 spiro atoms. The Bertz CT molecular complexity index is 786. The summed E-state index contributed by atoms with van der Waals surface area (Å²) in [6.45, 7) is 1.83. The topological polar surface area (TPSA) is 113 Å². The van der Waals surface area contributed by atoms with Gasteiger partial charge in [-0.1, -0.05) is 0 Å². The average molecular weight is 380 g/mol. The minimum absolute atomic E-state index is 0.0680. The van der Waals surface area contributed by atoms with Gasteiger partial charge < -0.3 is 24.8 Å². The molecule has 27 heavy (non-hydrogen) atoms. The molecule has 3 rings (SSSR count). The number of rotatable bonds is 6. The molecule has 10 nitrogen and oxygen atoms in total. The van der Waals surface area contributed by atoms with Crippen LogP contribution in [0.2, 0.25) is 0 Å². The van der Waals surface area contributed by atoms with Gasteiger partial charge in [-0.15, -0.1) is 0 Å². The number of fused-ring (bicyclic) bond motifs is 1. The normalized spacial score (nSPS) is 19.3. The van der Waals surface area contributed by atoms with Gasteiger partial charge in [-0.3, -0.25) is 24.1 Å². The highest BCUT2D eigenvalue weighted by Gasteiger charge is 2.33. The van der Waals surface area contributed by atoms with Gasteiger partial charge in [0.25, 0.3) is 11.8 Å². The van der Waals surface area contributed by atoms with E-state index in [4.69, 9.17) is 9.47 Å². The monoisotopic (exact) mass is 380 g/mol. The molecule has 2 aliphatic rings. The molecule has 2 aliphatic heterocycles. The van der Waals surface area contributed by atoms with Crippen molar-refractivity contribution in [1.29, 1.82) is 0 Å². The molecule has 0 radical (unpaired) electrons. The van der Waals surface area contributed by atoms with E-state index >= 15 is 0 Å². The third-order valence-electron chi connectivity index (χ3n) is 4.72. The third kappa shape index (κ3) is 3.76. The number of methoxy groups -OCH3 is 1. The summed E-state index contributed by atoms with van der Waals surface area (Å²) in [6.07, 6.45) is 3.01. The van der Waals surface area contributed by atoms with Crippen molar-refractivity contribution in [1.82, 2.24) is 14.9 Å². The van der Waals surface area contributed by atoms with Crippen LogP contribution < -0.4 is 15.8 Å². The Kier molecular flexibility index (Phi) is 5.66. The van der Waals surface area contributed by atoms with E-state index in [-0.39, 0.29) is 24.0 Å². The Hall–Kier alpha value is -2.59. The number of carbonyl (C=O) groups is 2. The van der Waals surface area contributed by atoms with Gasteiger partial charge in [0.2, 0.25) is 5.43 Å². The maximum atomic E-state index is 12.6. The highest BCUT2D eigenvalue weighted by atomic mass is 16.5. The van der Waals surface area contributed by atoms with Crippen molar-refractivity contribution in [3.05, 3.63) is 27.7 Å². The molecule has 3 heterocycles. The van der Waals surface area contributed by atoms with Gasteiger partial charge in [0.15, 0.2) is 11.4 Å². The van der Waals surface area contributed by atoms with Crippen LogP contribution in [0.4, 0.5) is 0 Å². The van der Waals surface area contributed by atoms with Gasteiger partial charge in [-0.25, -0.2) is 0 Å². The maximum absolute atomic E-state index is 12.6. The molecule has 1 saturated heterocycles. The lowest BCUT2D eigenvalue weighted by Gasteiger charge is -2.37. The summed E-state index contributed by atoms with van der Waals surface area (Å²) in [5.41, 5.74) is -1.26. The molecule has 1 atom stereocenters. The van der Waals surface area contributed by atoms with Crippen molar-refractivity contribution in [2.45, 2.75) is 18.9 Å². The summed E-state index contributed by atoms with van der Waals surface area (Å²) in [4.78, 5) is 39.0. The molecule has 1 fully saturated rings. The van der Waals surface area contributed by atoms with Gasteiger partial charge in [0.05, 0.1) is 12.7 Å². The zero-order valence-electron chi connectivity index (χ0n) is 15.4. The number of ether oxygens (including phenoxy) is 2. The lowest BCUT2D eigenvalue weighted by atomic mass is 10.1. The molecule has 1 aromatic rings. The van der Waals surface area contributed by atoms with E-state index in [0.717, 1.165) is 12.8 Å². The lowest BCUT2D eigenvalue weighted by molar-refractivity contribution is 0.0628. The van der Waals surface area contributed by atoms with E-state index in [1.807, 2.05) is 0 Å². The Morgan fingerprint density at radius 3 is 2.89 bits per heavy atom. The first-order valence-corrected chi connectivity index (χ1v) is 8.82. The molecule has 0 aromatic carbocycles. The molecule has 2 amide bonds. The summed E-state index contributed by atoms with van der Waals surface area (Å²) in [5.74, 6) is -1.84. The molecular formula is C17H24N4O6. The molecule has 148 valence electrons. The van der Waals surface area contributed by atoms with E-state index in [0.29, 0.717) is 26.3 Å². The van der Waals surface area contributed by atoms with Crippen molar-refractivity contribution >= 4 is 11.8 Å². The number of aromatic hydroxyl groups is 1. The highest BCUT2D eigenvalue weighted by Crippen LogP contribution is 2.20. The van der Waals surface area contributed by atoms with Gasteiger partial charge in [0.1, 0.15) is 12.2 Å². The van der Waals surface area contributed by atoms with Crippen molar-refractivity contribution in [3.63, 3.8) is 0 Å². The van der Waals surface area contributed by atoms with Crippen molar-refractivity contribution < 1.29 is 24.2 Å². The van der Waals surface area contributed by atoms with Crippen LogP contribution in [0.15, 0.2) is 11.0 Å². The second-order valence-electron chi connectivity index (χ2n) is 6.62. The second kappa shape index (κ2) is 7.97. The van der Waals surface area contributed by atoms with Crippen LogP contribution >= 0.6 is 0 Å². The third-order valence-corrected chi connectivity index (χ3v) is 4.72. The Morgan fingerprint density at radius 1 is 1.44 bits per heavy atom. The fraction of sp³-hybridized carbons (Fsp3) is 0.588. The molecular weight excluding hydrogens is 356 g/mol. The molecule has 0 saturated carbocycles. The maximum Gasteiger partial charge on any atom is 0.277 e. The predicted molar refractivity (Wildman–Crippen MR) is 95.6 cm³/mol. The molecule has 2 N–H and O–H groups in total. The average Bonchev–Trinajstić information content (AvgIpc) is 3.17. The van der Waals surface area contributed by atoms with Crippen LogP contribution in [0, 0.1) is 0 Å². The molecule has 0 unspecified atom stereocenters. The summed E-state index contributed by atoms with van der Waals surface area (Å²) in [7, 11) is 3.21. The first-order valence-electron chi connectivity index (χ1n) is 8.82. The SMILES string of the molecule is COCCN1CN(C)n2cc(C(=O)NC[C@H]3CCCO3)c(=O)c(O)c2C1=O. The van der Waals surface area contributed by atoms with E-state index in [1.54, 1.807) is 12.1 Å². The quantitative estimate of drug-likeness (QED) is 0.657. The van der Waals surface area contributed by atoms with E-state index in [9.17, 15) is 19.5 Å². The first kappa shape index (κ1) is 19.2. The van der Waals surface area contributed by atoms with Gasteiger partial charge in [-0.05, 0) is 12.8 Å². The van der Waals surface area contributed by atoms with Crippen LogP contribution in [-0.2, 0) is 9.47 Å². The molecule has 10 heteroatoms. The van der Waals surface area contributed by atoms with Crippen molar-refractivity contribution in [2.24, 2.45) is 0 Å². The fourth-order valence-corrected chi connectivity index (χ4v) is 3.23. The summed E-state index contributed by atoms with van der Waals surface area (Å²) in [5, 5.41) is 14.6. The van der Waals surface area contributed by atoms with Crippen LogP contribution in [0.3, 0.4) is 0 Å². The summed E-state index contributed by atoms with van der Waals surface area (Å²) >= 11 is 0. The second-order valence-corrected chi connectivity index (χ2v) is 6.62. The number of aromatic nitrogens is 1. The Balaban J connectivity index is 1.86. The number of amides is 2. The zero-order valence-corrected chi connectivity index (χ0v) is 15.4. The van der Waals surface area contributed by atoms with Crippen LogP contribution in [0.25, 0.3) is 0 Å². The van der Waals surface area contributed by atoms with Crippen molar-refractivity contribution in [2.75, 3.05) is 52.1 Å². The summed E-state index contributed by atoms with van der Waals surface area (Å²) in [6, 6.07) is 0. The number of nitrogens with zero attached hydrogens (tertiary/aromatic N) is 3. The predicted octanol–water partition coefficient (Wildman–Crippen LogP) is -0.910. The minimum Gasteiger partial charge on any atom is -0.502 e. The molecule has 0 bridgehead atoms. The standard InChI is InChI=1S/C17H24N4O6/c1-19-10-20(5-7-26-2)17(25)13-15(23)14(22)12(9-21(13)19)16(24)18-8-11-4-3-6-27-11/h9,11,23H,3-8,10H2,1-2H3,(H,18,24)/t11-/m1/s1. The number of hydrogen-bond donors (Lipinski definition) is 2. The van der Waals surface area contributed by atoms with E-state index in [1.165, 1.54) is 22.9 Å². The number of pyridine rings is 1. The number of hydrogen-bond acceptors (Lipinski definition) is 7. The van der Waals surface area contributed by atoms with E-state index in [2.05, 4.69) is 5.32 Å².